The van der Waals surface area contributed by atoms with Crippen LogP contribution >= 0.6 is 23.4 Å². The van der Waals surface area contributed by atoms with Crippen molar-refractivity contribution in [3.63, 3.8) is 0 Å². The Hall–Kier alpha value is -0.250. The molecule has 1 rings (SSSR count). The third-order valence-corrected chi connectivity index (χ3v) is 3.15. The average Bonchev–Trinajstić information content (AvgIpc) is 2.16. The summed E-state index contributed by atoms with van der Waals surface area (Å²) < 4.78 is 0. The van der Waals surface area contributed by atoms with E-state index in [0.717, 1.165) is 11.3 Å². The SMILES string of the molecule is CC(CO)SCc1cccnc1Cl. The first-order valence-corrected chi connectivity index (χ1v) is 5.48. The molecule has 72 valence electrons. The molecule has 1 atom stereocenters. The van der Waals surface area contributed by atoms with Crippen LogP contribution in [0.25, 0.3) is 0 Å². The minimum atomic E-state index is 0.197. The Bertz CT molecular complexity index is 270. The molecule has 0 bridgehead atoms. The van der Waals surface area contributed by atoms with Crippen LogP contribution in [-0.4, -0.2) is 21.9 Å². The molecule has 1 unspecified atom stereocenters. The summed E-state index contributed by atoms with van der Waals surface area (Å²) in [7, 11) is 0. The van der Waals surface area contributed by atoms with E-state index in [2.05, 4.69) is 4.98 Å². The Morgan fingerprint density at radius 2 is 2.46 bits per heavy atom. The van der Waals surface area contributed by atoms with Crippen molar-refractivity contribution >= 4 is 23.4 Å². The van der Waals surface area contributed by atoms with Gasteiger partial charge < -0.3 is 5.11 Å². The minimum absolute atomic E-state index is 0.197. The van der Waals surface area contributed by atoms with Gasteiger partial charge in [-0.15, -0.1) is 0 Å². The summed E-state index contributed by atoms with van der Waals surface area (Å²) in [6.07, 6.45) is 1.67. The van der Waals surface area contributed by atoms with Crippen LogP contribution < -0.4 is 0 Å². The Morgan fingerprint density at radius 1 is 1.69 bits per heavy atom. The van der Waals surface area contributed by atoms with Crippen LogP contribution in [0.5, 0.6) is 0 Å². The fraction of sp³-hybridized carbons (Fsp3) is 0.444. The molecule has 1 N–H and O–H groups in total. The number of aliphatic hydroxyl groups is 1. The molecular formula is C9H12ClNOS. The predicted octanol–water partition coefficient (Wildman–Crippen LogP) is 2.35. The van der Waals surface area contributed by atoms with Gasteiger partial charge in [0.1, 0.15) is 5.15 Å². The van der Waals surface area contributed by atoms with Crippen molar-refractivity contribution in [2.75, 3.05) is 6.61 Å². The molecule has 1 aromatic heterocycles. The summed E-state index contributed by atoms with van der Waals surface area (Å²) >= 11 is 7.53. The smallest absolute Gasteiger partial charge is 0.133 e. The summed E-state index contributed by atoms with van der Waals surface area (Å²) in [6.45, 7) is 2.18. The summed E-state index contributed by atoms with van der Waals surface area (Å²) in [5.74, 6) is 0.800. The zero-order chi connectivity index (χ0) is 9.68. The van der Waals surface area contributed by atoms with Crippen LogP contribution in [0.15, 0.2) is 18.3 Å². The van der Waals surface area contributed by atoms with Gasteiger partial charge in [0, 0.05) is 17.2 Å². The molecule has 2 nitrogen and oxygen atoms in total. The van der Waals surface area contributed by atoms with Crippen LogP contribution in [0.2, 0.25) is 5.15 Å². The number of nitrogens with zero attached hydrogens (tertiary/aromatic N) is 1. The Labute approximate surface area is 87.3 Å². The zero-order valence-electron chi connectivity index (χ0n) is 7.40. The van der Waals surface area contributed by atoms with E-state index < -0.39 is 0 Å². The van der Waals surface area contributed by atoms with E-state index in [0.29, 0.717) is 5.15 Å². The number of thioether (sulfide) groups is 1. The molecule has 0 radical (unpaired) electrons. The molecule has 1 aromatic rings. The second-order valence-corrected chi connectivity index (χ2v) is 4.54. The lowest BCUT2D eigenvalue weighted by atomic mass is 10.3. The normalized spacial score (nSPS) is 12.8. The number of halogens is 1. The summed E-state index contributed by atoms with van der Waals surface area (Å²) in [6, 6.07) is 3.82. The third kappa shape index (κ3) is 3.55. The number of pyridine rings is 1. The first kappa shape index (κ1) is 10.8. The summed E-state index contributed by atoms with van der Waals surface area (Å²) in [5.41, 5.74) is 1.02. The predicted molar refractivity (Wildman–Crippen MR) is 57.1 cm³/mol. The second-order valence-electron chi connectivity index (χ2n) is 2.76. The minimum Gasteiger partial charge on any atom is -0.395 e. The quantitative estimate of drug-likeness (QED) is 0.787. The van der Waals surface area contributed by atoms with Crippen molar-refractivity contribution in [2.24, 2.45) is 0 Å². The van der Waals surface area contributed by atoms with Gasteiger partial charge in [-0.1, -0.05) is 24.6 Å². The molecule has 0 saturated heterocycles. The van der Waals surface area contributed by atoms with E-state index in [9.17, 15) is 0 Å². The number of hydrogen-bond donors (Lipinski definition) is 1. The lowest BCUT2D eigenvalue weighted by Gasteiger charge is -2.07. The van der Waals surface area contributed by atoms with E-state index in [1.165, 1.54) is 0 Å². The first-order chi connectivity index (χ1) is 6.24. The van der Waals surface area contributed by atoms with Gasteiger partial charge in [-0.25, -0.2) is 4.98 Å². The van der Waals surface area contributed by atoms with Gasteiger partial charge in [-0.2, -0.15) is 11.8 Å². The largest absolute Gasteiger partial charge is 0.395 e. The van der Waals surface area contributed by atoms with Crippen molar-refractivity contribution < 1.29 is 5.11 Å². The summed E-state index contributed by atoms with van der Waals surface area (Å²) in [5, 5.41) is 9.61. The lowest BCUT2D eigenvalue weighted by molar-refractivity contribution is 0.300. The van der Waals surface area contributed by atoms with Crippen LogP contribution in [0, 0.1) is 0 Å². The highest BCUT2D eigenvalue weighted by Gasteiger charge is 2.04. The molecule has 0 saturated carbocycles. The van der Waals surface area contributed by atoms with Gasteiger partial charge in [0.05, 0.1) is 6.61 Å². The molecule has 0 aliphatic heterocycles. The molecule has 0 spiro atoms. The van der Waals surface area contributed by atoms with Crippen molar-refractivity contribution in [2.45, 2.75) is 17.9 Å². The molecule has 0 amide bonds. The number of aliphatic hydroxyl groups excluding tert-OH is 1. The molecule has 0 aliphatic carbocycles. The highest BCUT2D eigenvalue weighted by atomic mass is 35.5. The number of rotatable bonds is 4. The van der Waals surface area contributed by atoms with Crippen LogP contribution in [0.4, 0.5) is 0 Å². The Balaban J connectivity index is 2.50. The first-order valence-electron chi connectivity index (χ1n) is 4.06. The Morgan fingerprint density at radius 3 is 3.08 bits per heavy atom. The molecule has 4 heteroatoms. The number of aromatic nitrogens is 1. The highest BCUT2D eigenvalue weighted by molar-refractivity contribution is 7.99. The molecule has 13 heavy (non-hydrogen) atoms. The van der Waals surface area contributed by atoms with E-state index in [4.69, 9.17) is 16.7 Å². The lowest BCUT2D eigenvalue weighted by Crippen LogP contribution is -2.02. The number of hydrogen-bond acceptors (Lipinski definition) is 3. The Kier molecular flexibility index (Phi) is 4.56. The maximum Gasteiger partial charge on any atom is 0.133 e. The van der Waals surface area contributed by atoms with Gasteiger partial charge in [-0.3, -0.25) is 0 Å². The average molecular weight is 218 g/mol. The second kappa shape index (κ2) is 5.47. The van der Waals surface area contributed by atoms with Gasteiger partial charge in [0.2, 0.25) is 0 Å². The zero-order valence-corrected chi connectivity index (χ0v) is 8.98. The van der Waals surface area contributed by atoms with E-state index in [-0.39, 0.29) is 11.9 Å². The molecule has 1 heterocycles. The van der Waals surface area contributed by atoms with Crippen LogP contribution in [0.1, 0.15) is 12.5 Å². The maximum absolute atomic E-state index is 8.81. The highest BCUT2D eigenvalue weighted by Crippen LogP contribution is 2.21. The van der Waals surface area contributed by atoms with Crippen molar-refractivity contribution in [3.8, 4) is 0 Å². The molecular weight excluding hydrogens is 206 g/mol. The van der Waals surface area contributed by atoms with E-state index in [1.807, 2.05) is 19.1 Å². The molecule has 0 fully saturated rings. The van der Waals surface area contributed by atoms with E-state index >= 15 is 0 Å². The standard InChI is InChI=1S/C9H12ClNOS/c1-7(5-12)13-6-8-3-2-4-11-9(8)10/h2-4,7,12H,5-6H2,1H3. The third-order valence-electron chi connectivity index (χ3n) is 1.62. The molecule has 0 aromatic carbocycles. The maximum atomic E-state index is 8.81. The fourth-order valence-electron chi connectivity index (χ4n) is 0.812. The molecule has 0 aliphatic rings. The van der Waals surface area contributed by atoms with Crippen molar-refractivity contribution in [1.82, 2.24) is 4.98 Å². The van der Waals surface area contributed by atoms with Gasteiger partial charge in [-0.05, 0) is 11.6 Å². The fourth-order valence-corrected chi connectivity index (χ4v) is 1.88. The van der Waals surface area contributed by atoms with Gasteiger partial charge in [0.15, 0.2) is 0 Å². The summed E-state index contributed by atoms with van der Waals surface area (Å²) in [4.78, 5) is 3.97. The van der Waals surface area contributed by atoms with Crippen molar-refractivity contribution in [3.05, 3.63) is 29.0 Å². The topological polar surface area (TPSA) is 33.1 Å². The van der Waals surface area contributed by atoms with E-state index in [1.54, 1.807) is 18.0 Å². The van der Waals surface area contributed by atoms with Crippen LogP contribution in [0.3, 0.4) is 0 Å². The monoisotopic (exact) mass is 217 g/mol. The van der Waals surface area contributed by atoms with Gasteiger partial charge >= 0.3 is 0 Å². The van der Waals surface area contributed by atoms with Gasteiger partial charge in [0.25, 0.3) is 0 Å². The van der Waals surface area contributed by atoms with Crippen LogP contribution in [-0.2, 0) is 5.75 Å². The van der Waals surface area contributed by atoms with Crippen molar-refractivity contribution in [1.29, 1.82) is 0 Å².